The van der Waals surface area contributed by atoms with Crippen molar-refractivity contribution in [2.75, 3.05) is 6.54 Å². The molecule has 0 aliphatic heterocycles. The van der Waals surface area contributed by atoms with E-state index in [1.807, 2.05) is 29.1 Å². The Morgan fingerprint density at radius 1 is 1.30 bits per heavy atom. The van der Waals surface area contributed by atoms with Crippen LogP contribution in [0, 0.1) is 5.92 Å². The predicted octanol–water partition coefficient (Wildman–Crippen LogP) is 1.53. The average molecular weight is 310 g/mol. The molecule has 1 N–H and O–H groups in total. The van der Waals surface area contributed by atoms with Gasteiger partial charge in [-0.15, -0.1) is 0 Å². The highest BCUT2D eigenvalue weighted by molar-refractivity contribution is 5.92. The molecule has 3 rings (SSSR count). The lowest BCUT2D eigenvalue weighted by Crippen LogP contribution is -2.30. The van der Waals surface area contributed by atoms with E-state index >= 15 is 0 Å². The van der Waals surface area contributed by atoms with Crippen LogP contribution in [0.3, 0.4) is 0 Å². The van der Waals surface area contributed by atoms with Crippen molar-refractivity contribution < 1.29 is 4.79 Å². The summed E-state index contributed by atoms with van der Waals surface area (Å²) in [4.78, 5) is 20.4. The Hall–Kier alpha value is -2.96. The number of imidazole rings is 1. The highest BCUT2D eigenvalue weighted by Crippen LogP contribution is 2.07. The number of nitrogens with one attached hydrogen (secondary N) is 1. The molecular weight excluding hydrogens is 292 g/mol. The first-order valence-corrected chi connectivity index (χ1v) is 7.42. The molecule has 3 aromatic heterocycles. The van der Waals surface area contributed by atoms with Crippen LogP contribution >= 0.6 is 0 Å². The second kappa shape index (κ2) is 6.87. The first kappa shape index (κ1) is 15.0. The lowest BCUT2D eigenvalue weighted by atomic mass is 10.2. The molecule has 3 heterocycles. The topological polar surface area (TPSA) is 77.6 Å². The van der Waals surface area contributed by atoms with Crippen molar-refractivity contribution in [3.8, 4) is 5.69 Å². The van der Waals surface area contributed by atoms with Gasteiger partial charge in [-0.05, 0) is 24.1 Å². The zero-order valence-electron chi connectivity index (χ0n) is 12.8. The molecule has 23 heavy (non-hydrogen) atoms. The Morgan fingerprint density at radius 2 is 2.22 bits per heavy atom. The molecule has 7 nitrogen and oxygen atoms in total. The number of hydrogen-bond acceptors (Lipinski definition) is 4. The van der Waals surface area contributed by atoms with E-state index in [-0.39, 0.29) is 5.91 Å². The smallest absolute Gasteiger partial charge is 0.269 e. The second-order valence-electron chi connectivity index (χ2n) is 5.42. The summed E-state index contributed by atoms with van der Waals surface area (Å²) in [5, 5.41) is 7.07. The van der Waals surface area contributed by atoms with E-state index in [0.717, 1.165) is 12.2 Å². The van der Waals surface area contributed by atoms with Gasteiger partial charge in [0.1, 0.15) is 5.69 Å². The van der Waals surface area contributed by atoms with Crippen molar-refractivity contribution in [2.24, 2.45) is 5.92 Å². The van der Waals surface area contributed by atoms with Crippen LogP contribution in [0.2, 0.25) is 0 Å². The molecule has 0 aliphatic carbocycles. The number of nitrogens with zero attached hydrogens (tertiary/aromatic N) is 5. The SMILES string of the molecule is C[C@H](CNC(=O)c1cc(-n2cccn2)ccn1)Cn1ccnc1. The van der Waals surface area contributed by atoms with E-state index in [0.29, 0.717) is 18.2 Å². The summed E-state index contributed by atoms with van der Waals surface area (Å²) < 4.78 is 3.69. The van der Waals surface area contributed by atoms with Gasteiger partial charge in [-0.2, -0.15) is 5.10 Å². The molecule has 0 fully saturated rings. The quantitative estimate of drug-likeness (QED) is 0.749. The third-order valence-corrected chi connectivity index (χ3v) is 3.44. The molecule has 3 aromatic rings. The molecule has 0 aromatic carbocycles. The van der Waals surface area contributed by atoms with Gasteiger partial charge in [-0.3, -0.25) is 9.78 Å². The van der Waals surface area contributed by atoms with Gasteiger partial charge in [-0.25, -0.2) is 9.67 Å². The summed E-state index contributed by atoms with van der Waals surface area (Å²) in [6, 6.07) is 5.37. The number of carbonyl (C=O) groups is 1. The highest BCUT2D eigenvalue weighted by Gasteiger charge is 2.11. The fraction of sp³-hybridized carbons (Fsp3) is 0.250. The van der Waals surface area contributed by atoms with Crippen LogP contribution in [0.5, 0.6) is 0 Å². The third kappa shape index (κ3) is 3.82. The second-order valence-corrected chi connectivity index (χ2v) is 5.42. The standard InChI is InChI=1S/C16H18N6O/c1-13(11-21-8-6-17-12-21)10-19-16(23)15-9-14(3-5-18-15)22-7-2-4-20-22/h2-9,12-13H,10-11H2,1H3,(H,19,23)/t13-/m1/s1. The molecule has 1 amide bonds. The van der Waals surface area contributed by atoms with Gasteiger partial charge >= 0.3 is 0 Å². The van der Waals surface area contributed by atoms with Crippen molar-refractivity contribution in [1.82, 2.24) is 29.6 Å². The lowest BCUT2D eigenvalue weighted by molar-refractivity contribution is 0.0942. The van der Waals surface area contributed by atoms with Crippen LogP contribution in [0.25, 0.3) is 5.69 Å². The van der Waals surface area contributed by atoms with Crippen molar-refractivity contribution in [1.29, 1.82) is 0 Å². The predicted molar refractivity (Wildman–Crippen MR) is 85.1 cm³/mol. The van der Waals surface area contributed by atoms with E-state index in [1.54, 1.807) is 35.7 Å². The van der Waals surface area contributed by atoms with Crippen molar-refractivity contribution in [3.05, 3.63) is 61.2 Å². The maximum Gasteiger partial charge on any atom is 0.269 e. The molecule has 0 saturated carbocycles. The minimum Gasteiger partial charge on any atom is -0.350 e. The average Bonchev–Trinajstić information content (AvgIpc) is 3.26. The van der Waals surface area contributed by atoms with Crippen LogP contribution in [0.4, 0.5) is 0 Å². The largest absolute Gasteiger partial charge is 0.350 e. The zero-order chi connectivity index (χ0) is 16.1. The van der Waals surface area contributed by atoms with Gasteiger partial charge in [0.25, 0.3) is 5.91 Å². The van der Waals surface area contributed by atoms with Crippen molar-refractivity contribution in [3.63, 3.8) is 0 Å². The Morgan fingerprint density at radius 3 is 2.96 bits per heavy atom. The van der Waals surface area contributed by atoms with Gasteiger partial charge < -0.3 is 9.88 Å². The Bertz CT molecular complexity index is 751. The number of aromatic nitrogens is 5. The number of pyridine rings is 1. The minimum absolute atomic E-state index is 0.184. The Labute approximate surface area is 134 Å². The maximum atomic E-state index is 12.3. The fourth-order valence-electron chi connectivity index (χ4n) is 2.28. The number of rotatable bonds is 6. The molecular formula is C16H18N6O. The van der Waals surface area contributed by atoms with E-state index in [4.69, 9.17) is 0 Å². The monoisotopic (exact) mass is 310 g/mol. The van der Waals surface area contributed by atoms with E-state index in [9.17, 15) is 4.79 Å². The number of amides is 1. The molecule has 0 unspecified atom stereocenters. The van der Waals surface area contributed by atoms with Gasteiger partial charge in [0.2, 0.25) is 0 Å². The summed E-state index contributed by atoms with van der Waals surface area (Å²) in [5.41, 5.74) is 1.19. The Balaban J connectivity index is 1.59. The van der Waals surface area contributed by atoms with Gasteiger partial charge in [0, 0.05) is 44.1 Å². The zero-order valence-corrected chi connectivity index (χ0v) is 12.8. The highest BCUT2D eigenvalue weighted by atomic mass is 16.1. The van der Waals surface area contributed by atoms with Crippen molar-refractivity contribution >= 4 is 5.91 Å². The fourth-order valence-corrected chi connectivity index (χ4v) is 2.28. The van der Waals surface area contributed by atoms with Crippen LogP contribution < -0.4 is 5.32 Å². The molecule has 0 aliphatic rings. The number of hydrogen-bond donors (Lipinski definition) is 1. The lowest BCUT2D eigenvalue weighted by Gasteiger charge is -2.13. The summed E-state index contributed by atoms with van der Waals surface area (Å²) in [7, 11) is 0. The minimum atomic E-state index is -0.184. The molecule has 0 spiro atoms. The molecule has 0 radical (unpaired) electrons. The van der Waals surface area contributed by atoms with Crippen LogP contribution in [-0.4, -0.2) is 36.8 Å². The molecule has 118 valence electrons. The third-order valence-electron chi connectivity index (χ3n) is 3.44. The summed E-state index contributed by atoms with van der Waals surface area (Å²) in [6.45, 7) is 3.46. The summed E-state index contributed by atoms with van der Waals surface area (Å²) in [5.74, 6) is 0.110. The molecule has 0 bridgehead atoms. The molecule has 7 heteroatoms. The van der Waals surface area contributed by atoms with Gasteiger partial charge in [0.15, 0.2) is 0 Å². The first-order chi connectivity index (χ1) is 11.2. The van der Waals surface area contributed by atoms with Crippen molar-refractivity contribution in [2.45, 2.75) is 13.5 Å². The first-order valence-electron chi connectivity index (χ1n) is 7.42. The van der Waals surface area contributed by atoms with E-state index in [2.05, 4.69) is 27.3 Å². The van der Waals surface area contributed by atoms with Crippen LogP contribution in [-0.2, 0) is 6.54 Å². The van der Waals surface area contributed by atoms with Crippen LogP contribution in [0.15, 0.2) is 55.5 Å². The number of carbonyl (C=O) groups excluding carboxylic acids is 1. The molecule has 0 saturated heterocycles. The molecule has 1 atom stereocenters. The van der Waals surface area contributed by atoms with Gasteiger partial charge in [-0.1, -0.05) is 6.92 Å². The Kier molecular flexibility index (Phi) is 4.46. The summed E-state index contributed by atoms with van der Waals surface area (Å²) in [6.07, 6.45) is 10.6. The van der Waals surface area contributed by atoms with Gasteiger partial charge in [0.05, 0.1) is 12.0 Å². The van der Waals surface area contributed by atoms with E-state index in [1.165, 1.54) is 0 Å². The van der Waals surface area contributed by atoms with Crippen LogP contribution in [0.1, 0.15) is 17.4 Å². The summed E-state index contributed by atoms with van der Waals surface area (Å²) >= 11 is 0. The normalized spacial score (nSPS) is 12.0. The van der Waals surface area contributed by atoms with E-state index < -0.39 is 0 Å². The maximum absolute atomic E-state index is 12.3.